The predicted molar refractivity (Wildman–Crippen MR) is 110 cm³/mol. The Bertz CT molecular complexity index is 928. The molecule has 150 valence electrons. The van der Waals surface area contributed by atoms with E-state index in [1.54, 1.807) is 13.8 Å². The highest BCUT2D eigenvalue weighted by molar-refractivity contribution is 7.89. The van der Waals surface area contributed by atoms with Crippen LogP contribution >= 0.6 is 0 Å². The predicted octanol–water partition coefficient (Wildman–Crippen LogP) is 3.47. The number of nitrogens with one attached hydrogen (secondary N) is 1. The van der Waals surface area contributed by atoms with Crippen LogP contribution in [0.1, 0.15) is 41.5 Å². The van der Waals surface area contributed by atoms with Crippen molar-refractivity contribution in [2.45, 2.75) is 57.5 Å². The molecule has 0 aromatic heterocycles. The summed E-state index contributed by atoms with van der Waals surface area (Å²) in [6, 6.07) is 13.9. The third kappa shape index (κ3) is 5.00. The second-order valence-electron chi connectivity index (χ2n) is 7.61. The molecule has 28 heavy (non-hydrogen) atoms. The number of hydrogen-bond acceptors (Lipinski definition) is 3. The molecule has 0 atom stereocenters. The molecule has 0 spiro atoms. The highest BCUT2D eigenvalue weighted by atomic mass is 32.2. The first-order valence-electron chi connectivity index (χ1n) is 9.69. The maximum absolute atomic E-state index is 12.7. The monoisotopic (exact) mass is 400 g/mol. The minimum absolute atomic E-state index is 0.00796. The molecule has 0 heterocycles. The Morgan fingerprint density at radius 1 is 1.07 bits per heavy atom. The molecular formula is C22H28N2O3S. The van der Waals surface area contributed by atoms with Crippen molar-refractivity contribution in [3.05, 3.63) is 64.7 Å². The maximum Gasteiger partial charge on any atom is 0.241 e. The number of hydrogen-bond donors (Lipinski definition) is 1. The molecule has 0 saturated heterocycles. The molecule has 5 nitrogen and oxygen atoms in total. The van der Waals surface area contributed by atoms with Crippen LogP contribution in [0.2, 0.25) is 0 Å². The van der Waals surface area contributed by atoms with Crippen molar-refractivity contribution in [3.8, 4) is 0 Å². The van der Waals surface area contributed by atoms with Gasteiger partial charge < -0.3 is 4.90 Å². The van der Waals surface area contributed by atoms with Crippen LogP contribution in [0.25, 0.3) is 0 Å². The highest BCUT2D eigenvalue weighted by Gasteiger charge is 2.32. The first-order chi connectivity index (χ1) is 13.3. The Morgan fingerprint density at radius 3 is 2.25 bits per heavy atom. The normalized spacial score (nSPS) is 14.1. The summed E-state index contributed by atoms with van der Waals surface area (Å²) in [5.74, 6) is -0.00796. The van der Waals surface area contributed by atoms with E-state index in [1.807, 2.05) is 54.3 Å². The van der Waals surface area contributed by atoms with Gasteiger partial charge in [0, 0.05) is 25.6 Å². The average Bonchev–Trinajstić information content (AvgIpc) is 3.44. The Morgan fingerprint density at radius 2 is 1.68 bits per heavy atom. The van der Waals surface area contributed by atoms with E-state index in [4.69, 9.17) is 0 Å². The Labute approximate surface area is 167 Å². The van der Waals surface area contributed by atoms with Gasteiger partial charge in [0.05, 0.1) is 4.90 Å². The van der Waals surface area contributed by atoms with Crippen molar-refractivity contribution in [1.82, 2.24) is 9.62 Å². The van der Waals surface area contributed by atoms with Crippen LogP contribution in [0, 0.1) is 20.8 Å². The van der Waals surface area contributed by atoms with Crippen LogP contribution in [-0.2, 0) is 21.4 Å². The number of rotatable bonds is 8. The molecule has 1 aliphatic carbocycles. The fraction of sp³-hybridized carbons (Fsp3) is 0.409. The molecule has 2 aromatic rings. The molecule has 0 unspecified atom stereocenters. The second-order valence-corrected chi connectivity index (χ2v) is 9.32. The van der Waals surface area contributed by atoms with Gasteiger partial charge in [-0.1, -0.05) is 48.0 Å². The number of carbonyl (C=O) groups excluding carboxylic acids is 1. The molecular weight excluding hydrogens is 372 g/mol. The number of benzene rings is 2. The van der Waals surface area contributed by atoms with E-state index in [0.717, 1.165) is 35.1 Å². The number of nitrogens with zero attached hydrogens (tertiary/aromatic N) is 1. The molecule has 0 aliphatic heterocycles. The van der Waals surface area contributed by atoms with Gasteiger partial charge in [0.1, 0.15) is 0 Å². The van der Waals surface area contributed by atoms with Gasteiger partial charge in [0.15, 0.2) is 0 Å². The van der Waals surface area contributed by atoms with Gasteiger partial charge in [-0.2, -0.15) is 0 Å². The molecule has 2 aromatic carbocycles. The molecule has 1 N–H and O–H groups in total. The smallest absolute Gasteiger partial charge is 0.241 e. The van der Waals surface area contributed by atoms with Crippen LogP contribution < -0.4 is 4.72 Å². The van der Waals surface area contributed by atoms with Gasteiger partial charge >= 0.3 is 0 Å². The maximum atomic E-state index is 12.7. The number of aryl methyl sites for hydroxylation is 3. The number of sulfonamides is 1. The van der Waals surface area contributed by atoms with E-state index < -0.39 is 10.0 Å². The molecule has 6 heteroatoms. The summed E-state index contributed by atoms with van der Waals surface area (Å²) in [6.45, 7) is 6.23. The Kier molecular flexibility index (Phi) is 6.20. The van der Waals surface area contributed by atoms with Crippen molar-refractivity contribution in [2.24, 2.45) is 0 Å². The summed E-state index contributed by atoms with van der Waals surface area (Å²) in [7, 11) is -3.64. The lowest BCUT2D eigenvalue weighted by Crippen LogP contribution is -2.36. The van der Waals surface area contributed by atoms with Crippen molar-refractivity contribution >= 4 is 15.9 Å². The van der Waals surface area contributed by atoms with Crippen LogP contribution in [0.15, 0.2) is 47.4 Å². The number of carbonyl (C=O) groups is 1. The van der Waals surface area contributed by atoms with Crippen LogP contribution in [0.3, 0.4) is 0 Å². The fourth-order valence-corrected chi connectivity index (χ4v) is 5.17. The molecule has 1 saturated carbocycles. The first-order valence-corrected chi connectivity index (χ1v) is 11.2. The van der Waals surface area contributed by atoms with E-state index in [0.29, 0.717) is 11.4 Å². The first kappa shape index (κ1) is 20.6. The summed E-state index contributed by atoms with van der Waals surface area (Å²) in [5, 5.41) is 0. The van der Waals surface area contributed by atoms with Crippen LogP contribution in [0.5, 0.6) is 0 Å². The van der Waals surface area contributed by atoms with E-state index in [-0.39, 0.29) is 24.9 Å². The van der Waals surface area contributed by atoms with Gasteiger partial charge in [0.2, 0.25) is 15.9 Å². The lowest BCUT2D eigenvalue weighted by Gasteiger charge is -2.23. The SMILES string of the molecule is Cc1cc(C)c(S(=O)(=O)NCCC(=O)N(Cc2ccccc2)C2CC2)c(C)c1. The molecule has 0 bridgehead atoms. The standard InChI is InChI=1S/C22H28N2O3S/c1-16-13-17(2)22(18(3)14-16)28(26,27)23-12-11-21(25)24(20-9-10-20)15-19-7-5-4-6-8-19/h4-8,13-14,20,23H,9-12,15H2,1-3H3. The summed E-state index contributed by atoms with van der Waals surface area (Å²) < 4.78 is 28.1. The second kappa shape index (κ2) is 8.45. The average molecular weight is 401 g/mol. The molecule has 1 aliphatic rings. The zero-order valence-electron chi connectivity index (χ0n) is 16.7. The van der Waals surface area contributed by atoms with E-state index in [9.17, 15) is 13.2 Å². The molecule has 1 fully saturated rings. The topological polar surface area (TPSA) is 66.5 Å². The van der Waals surface area contributed by atoms with E-state index >= 15 is 0 Å². The summed E-state index contributed by atoms with van der Waals surface area (Å²) in [5.41, 5.74) is 3.57. The van der Waals surface area contributed by atoms with Gasteiger partial charge in [-0.25, -0.2) is 13.1 Å². The summed E-state index contributed by atoms with van der Waals surface area (Å²) in [6.07, 6.45) is 2.20. The van der Waals surface area contributed by atoms with Gasteiger partial charge in [-0.05, 0) is 50.3 Å². The zero-order chi connectivity index (χ0) is 20.3. The largest absolute Gasteiger partial charge is 0.335 e. The number of amides is 1. The van der Waals surface area contributed by atoms with Crippen molar-refractivity contribution in [3.63, 3.8) is 0 Å². The zero-order valence-corrected chi connectivity index (χ0v) is 17.6. The third-order valence-corrected chi connectivity index (χ3v) is 6.77. The van der Waals surface area contributed by atoms with Crippen molar-refractivity contribution < 1.29 is 13.2 Å². The van der Waals surface area contributed by atoms with E-state index in [1.165, 1.54) is 0 Å². The van der Waals surface area contributed by atoms with Crippen LogP contribution in [-0.4, -0.2) is 31.8 Å². The minimum Gasteiger partial charge on any atom is -0.335 e. The fourth-order valence-electron chi connectivity index (χ4n) is 3.69. The van der Waals surface area contributed by atoms with Crippen molar-refractivity contribution in [1.29, 1.82) is 0 Å². The molecule has 1 amide bonds. The minimum atomic E-state index is -3.64. The summed E-state index contributed by atoms with van der Waals surface area (Å²) in [4.78, 5) is 14.9. The highest BCUT2D eigenvalue weighted by Crippen LogP contribution is 2.29. The lowest BCUT2D eigenvalue weighted by atomic mass is 10.1. The lowest BCUT2D eigenvalue weighted by molar-refractivity contribution is -0.132. The van der Waals surface area contributed by atoms with Crippen molar-refractivity contribution in [2.75, 3.05) is 6.54 Å². The molecule has 0 radical (unpaired) electrons. The third-order valence-electron chi connectivity index (χ3n) is 5.01. The van der Waals surface area contributed by atoms with E-state index in [2.05, 4.69) is 4.72 Å². The summed E-state index contributed by atoms with van der Waals surface area (Å²) >= 11 is 0. The van der Waals surface area contributed by atoms with Gasteiger partial charge in [-0.3, -0.25) is 4.79 Å². The van der Waals surface area contributed by atoms with Gasteiger partial charge in [0.25, 0.3) is 0 Å². The Hall–Kier alpha value is -2.18. The quantitative estimate of drug-likeness (QED) is 0.738. The van der Waals surface area contributed by atoms with Gasteiger partial charge in [-0.15, -0.1) is 0 Å². The Balaban J connectivity index is 1.62. The molecule has 3 rings (SSSR count). The van der Waals surface area contributed by atoms with Crippen LogP contribution in [0.4, 0.5) is 0 Å².